The first-order valence-electron chi connectivity index (χ1n) is 17.4. The molecule has 6 nitrogen and oxygen atoms in total. The Morgan fingerprint density at radius 3 is 1.87 bits per heavy atom. The summed E-state index contributed by atoms with van der Waals surface area (Å²) in [5.74, 6) is 2.37. The van der Waals surface area contributed by atoms with Crippen molar-refractivity contribution in [1.82, 2.24) is 19.9 Å². The molecule has 11 aromatic rings. The molecule has 0 aliphatic carbocycles. The van der Waals surface area contributed by atoms with Gasteiger partial charge in [-0.3, -0.25) is 0 Å². The summed E-state index contributed by atoms with van der Waals surface area (Å²) >= 11 is 1.73. The van der Waals surface area contributed by atoms with Crippen molar-refractivity contribution in [3.05, 3.63) is 158 Å². The van der Waals surface area contributed by atoms with Crippen LogP contribution in [0.4, 0.5) is 0 Å². The molecular weight excluding hydrogens is 673 g/mol. The third-order valence-corrected chi connectivity index (χ3v) is 10.9. The average molecular weight is 699 g/mol. The number of oxazole rings is 1. The molecule has 0 radical (unpaired) electrons. The molecule has 0 unspecified atom stereocenters. The summed E-state index contributed by atoms with van der Waals surface area (Å²) in [5.41, 5.74) is 9.15. The monoisotopic (exact) mass is 698 g/mol. The van der Waals surface area contributed by atoms with Crippen LogP contribution in [0.1, 0.15) is 0 Å². The highest BCUT2D eigenvalue weighted by molar-refractivity contribution is 7.26. The zero-order valence-corrected chi connectivity index (χ0v) is 28.8. The lowest BCUT2D eigenvalue weighted by molar-refractivity contribution is 0.620. The summed E-state index contributed by atoms with van der Waals surface area (Å²) in [7, 11) is 0. The summed E-state index contributed by atoms with van der Waals surface area (Å²) in [5, 5.41) is 4.29. The Hall–Kier alpha value is -6.96. The van der Waals surface area contributed by atoms with E-state index in [4.69, 9.17) is 28.8 Å². The minimum Gasteiger partial charge on any atom is -0.456 e. The Morgan fingerprint density at radius 1 is 0.377 bits per heavy atom. The minimum atomic E-state index is 0.577. The van der Waals surface area contributed by atoms with Crippen LogP contribution in [0.2, 0.25) is 0 Å². The van der Waals surface area contributed by atoms with Gasteiger partial charge in [0.15, 0.2) is 23.1 Å². The molecule has 11 rings (SSSR count). The van der Waals surface area contributed by atoms with Gasteiger partial charge in [-0.2, -0.15) is 0 Å². The highest BCUT2D eigenvalue weighted by Crippen LogP contribution is 2.42. The SMILES string of the molecule is c1ccc(-c2ccc(-c3nc4cc5sc6cccc(-c7nc(-c8ccccc8)nc(-c8ccc9c(c8)oc8ccccc89)n7)c6c5cc4o3)cc2)cc1. The number of benzene rings is 7. The van der Waals surface area contributed by atoms with Gasteiger partial charge in [-0.05, 0) is 59.7 Å². The maximum Gasteiger partial charge on any atom is 0.227 e. The topological polar surface area (TPSA) is 77.8 Å². The van der Waals surface area contributed by atoms with E-state index in [0.29, 0.717) is 23.4 Å². The van der Waals surface area contributed by atoms with Gasteiger partial charge < -0.3 is 8.83 Å². The van der Waals surface area contributed by atoms with Crippen LogP contribution >= 0.6 is 11.3 Å². The second-order valence-electron chi connectivity index (χ2n) is 13.0. The first kappa shape index (κ1) is 29.7. The molecule has 4 aromatic heterocycles. The van der Waals surface area contributed by atoms with Crippen LogP contribution in [0.5, 0.6) is 0 Å². The average Bonchev–Trinajstić information content (AvgIpc) is 3.93. The Balaban J connectivity index is 1.05. The molecule has 0 aliphatic heterocycles. The lowest BCUT2D eigenvalue weighted by Crippen LogP contribution is -2.00. The highest BCUT2D eigenvalue weighted by atomic mass is 32.1. The van der Waals surface area contributed by atoms with Gasteiger partial charge in [0.25, 0.3) is 0 Å². The van der Waals surface area contributed by atoms with E-state index in [2.05, 4.69) is 97.1 Å². The largest absolute Gasteiger partial charge is 0.456 e. The van der Waals surface area contributed by atoms with Crippen LogP contribution in [0.15, 0.2) is 167 Å². The predicted octanol–water partition coefficient (Wildman–Crippen LogP) is 12.6. The number of aromatic nitrogens is 4. The number of rotatable bonds is 5. The molecule has 53 heavy (non-hydrogen) atoms. The number of furan rings is 1. The second-order valence-corrected chi connectivity index (χ2v) is 14.1. The fourth-order valence-corrected chi connectivity index (χ4v) is 8.35. The van der Waals surface area contributed by atoms with Gasteiger partial charge in [-0.25, -0.2) is 19.9 Å². The standard InChI is InChI=1S/C46H26N4O2S/c1-3-10-27(11-4-1)28-18-20-30(21-19-28)46-47-36-26-41-35(25-39(36)52-46)42-34(15-9-17-40(42)53-41)45-49-43(29-12-5-2-6-13-29)48-44(50-45)31-22-23-33-32-14-7-8-16-37(32)51-38(33)24-31/h1-26H. The smallest absolute Gasteiger partial charge is 0.227 e. The number of para-hydroxylation sites is 1. The van der Waals surface area contributed by atoms with Crippen molar-refractivity contribution in [2.45, 2.75) is 0 Å². The number of hydrogen-bond donors (Lipinski definition) is 0. The molecule has 4 heterocycles. The van der Waals surface area contributed by atoms with E-state index in [1.54, 1.807) is 11.3 Å². The molecule has 0 amide bonds. The molecule has 0 aliphatic rings. The number of thiophene rings is 1. The van der Waals surface area contributed by atoms with Crippen LogP contribution in [0, 0.1) is 0 Å². The van der Waals surface area contributed by atoms with E-state index in [1.807, 2.05) is 60.7 Å². The summed E-state index contributed by atoms with van der Waals surface area (Å²) in [6.07, 6.45) is 0. The first-order chi connectivity index (χ1) is 26.2. The Kier molecular flexibility index (Phi) is 6.62. The highest BCUT2D eigenvalue weighted by Gasteiger charge is 2.19. The molecule has 7 aromatic carbocycles. The Labute approximate surface area is 306 Å². The maximum atomic E-state index is 6.43. The van der Waals surface area contributed by atoms with E-state index in [0.717, 1.165) is 81.0 Å². The van der Waals surface area contributed by atoms with Gasteiger partial charge in [0.1, 0.15) is 16.7 Å². The molecule has 0 spiro atoms. The van der Waals surface area contributed by atoms with Crippen molar-refractivity contribution >= 4 is 64.5 Å². The van der Waals surface area contributed by atoms with Crippen molar-refractivity contribution in [3.8, 4) is 56.7 Å². The molecule has 0 atom stereocenters. The zero-order valence-electron chi connectivity index (χ0n) is 28.0. The lowest BCUT2D eigenvalue weighted by Gasteiger charge is -2.09. The van der Waals surface area contributed by atoms with E-state index in [-0.39, 0.29) is 0 Å². The first-order valence-corrected chi connectivity index (χ1v) is 18.2. The van der Waals surface area contributed by atoms with E-state index >= 15 is 0 Å². The summed E-state index contributed by atoms with van der Waals surface area (Å²) in [6, 6.07) is 53.6. The van der Waals surface area contributed by atoms with E-state index < -0.39 is 0 Å². The predicted molar refractivity (Wildman–Crippen MR) is 215 cm³/mol. The minimum absolute atomic E-state index is 0.577. The molecule has 0 saturated heterocycles. The fourth-order valence-electron chi connectivity index (χ4n) is 7.20. The molecule has 0 fully saturated rings. The number of fused-ring (bicyclic) bond motifs is 7. The van der Waals surface area contributed by atoms with Gasteiger partial charge in [0.05, 0.1) is 0 Å². The molecule has 0 bridgehead atoms. The van der Waals surface area contributed by atoms with Crippen molar-refractivity contribution in [2.24, 2.45) is 0 Å². The van der Waals surface area contributed by atoms with Crippen LogP contribution < -0.4 is 0 Å². The number of nitrogens with zero attached hydrogens (tertiary/aromatic N) is 4. The fraction of sp³-hybridized carbons (Fsp3) is 0. The second kappa shape index (κ2) is 11.8. The van der Waals surface area contributed by atoms with Crippen molar-refractivity contribution in [2.75, 3.05) is 0 Å². The van der Waals surface area contributed by atoms with Gasteiger partial charge in [0, 0.05) is 53.2 Å². The maximum absolute atomic E-state index is 6.43. The van der Waals surface area contributed by atoms with Crippen molar-refractivity contribution in [1.29, 1.82) is 0 Å². The zero-order chi connectivity index (χ0) is 34.9. The Bertz CT molecular complexity index is 3160. The molecule has 0 saturated carbocycles. The molecular formula is C46H26N4O2S. The molecule has 0 N–H and O–H groups in total. The van der Waals surface area contributed by atoms with Crippen LogP contribution in [0.3, 0.4) is 0 Å². The van der Waals surface area contributed by atoms with E-state index in [9.17, 15) is 0 Å². The van der Waals surface area contributed by atoms with Gasteiger partial charge in [-0.1, -0.05) is 109 Å². The van der Waals surface area contributed by atoms with Crippen molar-refractivity contribution < 1.29 is 8.83 Å². The summed E-state index contributed by atoms with van der Waals surface area (Å²) < 4.78 is 14.9. The van der Waals surface area contributed by atoms with Crippen LogP contribution in [0.25, 0.3) is 110 Å². The third kappa shape index (κ3) is 5.01. The molecule has 7 heteroatoms. The van der Waals surface area contributed by atoms with Gasteiger partial charge in [-0.15, -0.1) is 11.3 Å². The number of hydrogen-bond acceptors (Lipinski definition) is 7. The normalized spacial score (nSPS) is 11.8. The lowest BCUT2D eigenvalue weighted by atomic mass is 10.0. The third-order valence-electron chi connectivity index (χ3n) is 9.79. The summed E-state index contributed by atoms with van der Waals surface area (Å²) in [6.45, 7) is 0. The van der Waals surface area contributed by atoms with Gasteiger partial charge in [0.2, 0.25) is 5.89 Å². The van der Waals surface area contributed by atoms with Gasteiger partial charge >= 0.3 is 0 Å². The van der Waals surface area contributed by atoms with E-state index in [1.165, 1.54) is 5.56 Å². The quantitative estimate of drug-likeness (QED) is 0.178. The van der Waals surface area contributed by atoms with Crippen LogP contribution in [-0.2, 0) is 0 Å². The summed E-state index contributed by atoms with van der Waals surface area (Å²) in [4.78, 5) is 20.1. The Morgan fingerprint density at radius 2 is 1.04 bits per heavy atom. The van der Waals surface area contributed by atoms with Crippen LogP contribution in [-0.4, -0.2) is 19.9 Å². The van der Waals surface area contributed by atoms with Crippen molar-refractivity contribution in [3.63, 3.8) is 0 Å². The molecule has 248 valence electrons.